The quantitative estimate of drug-likeness (QED) is 0.195. The molecule has 10 nitrogen and oxygen atoms in total. The highest BCUT2D eigenvalue weighted by Crippen LogP contribution is 2.26. The van der Waals surface area contributed by atoms with Crippen LogP contribution in [0.15, 0.2) is 65.6 Å². The Morgan fingerprint density at radius 3 is 2.47 bits per heavy atom. The van der Waals surface area contributed by atoms with E-state index in [9.17, 15) is 19.2 Å². The van der Waals surface area contributed by atoms with Crippen LogP contribution in [0.25, 0.3) is 11.0 Å². The van der Waals surface area contributed by atoms with Crippen molar-refractivity contribution in [2.45, 2.75) is 58.6 Å². The van der Waals surface area contributed by atoms with Gasteiger partial charge >= 0.3 is 5.97 Å². The van der Waals surface area contributed by atoms with E-state index in [0.717, 1.165) is 5.56 Å². The number of aromatic nitrogens is 3. The lowest BCUT2D eigenvalue weighted by Gasteiger charge is -2.21. The monoisotopic (exact) mass is 625 g/mol. The summed E-state index contributed by atoms with van der Waals surface area (Å²) in [7, 11) is 0. The van der Waals surface area contributed by atoms with Gasteiger partial charge in [-0.3, -0.25) is 19.2 Å². The fraction of sp³-hybridized carbons (Fsp3) is 0.290. The molecular formula is C31H33Cl2N5O5. The predicted molar refractivity (Wildman–Crippen MR) is 168 cm³/mol. The van der Waals surface area contributed by atoms with E-state index < -0.39 is 23.0 Å². The number of carbonyl (C=O) groups excluding carboxylic acids is 3. The molecule has 3 N–H and O–H groups in total. The molecule has 2 heterocycles. The van der Waals surface area contributed by atoms with E-state index >= 15 is 0 Å². The molecular weight excluding hydrogens is 593 g/mol. The number of hydrogen-bond donors (Lipinski definition) is 3. The standard InChI is InChI=1S/C31H32ClN5O5.ClH/c1-18-33-17-21-15-22(30(41)37-27(21)34-18)29(40)36-25-16-20(13-14-23(25)32)28(39)35-24(19-9-6-5-7-10-19)11-8-12-26(38)42-31(2,3)4;/h5-7,9-10,13-17,24H,8,11-12H2,1-4H3,(H,35,39)(H,36,40)(H,33,34,37,41);1H/t24-;/m1./s1. The molecule has 0 unspecified atom stereocenters. The number of hydrogen-bond acceptors (Lipinski definition) is 7. The van der Waals surface area contributed by atoms with Gasteiger partial charge in [0, 0.05) is 23.6 Å². The largest absolute Gasteiger partial charge is 0.460 e. The van der Waals surface area contributed by atoms with E-state index in [1.54, 1.807) is 13.0 Å². The smallest absolute Gasteiger partial charge is 0.306 e. The molecule has 12 heteroatoms. The summed E-state index contributed by atoms with van der Waals surface area (Å²) >= 11 is 6.33. The number of fused-ring (bicyclic) bond motifs is 1. The van der Waals surface area contributed by atoms with Gasteiger partial charge in [0.1, 0.15) is 22.6 Å². The third-order valence-corrected chi connectivity index (χ3v) is 6.57. The van der Waals surface area contributed by atoms with Crippen molar-refractivity contribution in [3.63, 3.8) is 0 Å². The fourth-order valence-corrected chi connectivity index (χ4v) is 4.46. The average Bonchev–Trinajstić information content (AvgIpc) is 2.92. The second kappa shape index (κ2) is 14.3. The van der Waals surface area contributed by atoms with Crippen LogP contribution in [0, 0.1) is 6.92 Å². The van der Waals surface area contributed by atoms with Gasteiger partial charge in [0.25, 0.3) is 17.4 Å². The highest BCUT2D eigenvalue weighted by atomic mass is 35.5. The second-order valence-electron chi connectivity index (χ2n) is 10.8. The maximum absolute atomic E-state index is 13.3. The van der Waals surface area contributed by atoms with Crippen LogP contribution < -0.4 is 16.2 Å². The van der Waals surface area contributed by atoms with Gasteiger partial charge in [-0.2, -0.15) is 0 Å². The number of nitrogens with zero attached hydrogens (tertiary/aromatic N) is 2. The number of anilines is 1. The second-order valence-corrected chi connectivity index (χ2v) is 11.2. The minimum atomic E-state index is -0.706. The summed E-state index contributed by atoms with van der Waals surface area (Å²) in [5, 5.41) is 6.32. The van der Waals surface area contributed by atoms with Crippen molar-refractivity contribution in [1.29, 1.82) is 0 Å². The number of amides is 2. The third-order valence-electron chi connectivity index (χ3n) is 6.24. The molecule has 0 radical (unpaired) electrons. The van der Waals surface area contributed by atoms with Crippen LogP contribution in [0.3, 0.4) is 0 Å². The molecule has 226 valence electrons. The lowest BCUT2D eigenvalue weighted by atomic mass is 10.00. The molecule has 2 aromatic carbocycles. The number of aromatic amines is 1. The van der Waals surface area contributed by atoms with Crippen LogP contribution in [0.2, 0.25) is 5.02 Å². The number of nitrogens with one attached hydrogen (secondary N) is 3. The maximum Gasteiger partial charge on any atom is 0.306 e. The Kier molecular flexibility index (Phi) is 11.0. The topological polar surface area (TPSA) is 143 Å². The molecule has 0 spiro atoms. The van der Waals surface area contributed by atoms with E-state index in [0.29, 0.717) is 29.7 Å². The van der Waals surface area contributed by atoms with E-state index in [2.05, 4.69) is 25.6 Å². The Morgan fingerprint density at radius 2 is 1.77 bits per heavy atom. The molecule has 43 heavy (non-hydrogen) atoms. The van der Waals surface area contributed by atoms with Crippen LogP contribution in [0.4, 0.5) is 5.69 Å². The number of carbonyl (C=O) groups is 3. The third kappa shape index (κ3) is 9.10. The SMILES string of the molecule is Cc1ncc2cc(C(=O)Nc3cc(C(=O)N[C@H](CCCC(=O)OC(C)(C)C)c4ccccc4)ccc3Cl)c(=O)[nH]c2n1.Cl. The molecule has 0 aliphatic rings. The number of pyridine rings is 1. The molecule has 0 saturated heterocycles. The van der Waals surface area contributed by atoms with Crippen molar-refractivity contribution in [3.05, 3.63) is 98.7 Å². The van der Waals surface area contributed by atoms with Gasteiger partial charge in [-0.1, -0.05) is 41.9 Å². The van der Waals surface area contributed by atoms with Crippen molar-refractivity contribution in [1.82, 2.24) is 20.3 Å². The Morgan fingerprint density at radius 1 is 1.05 bits per heavy atom. The van der Waals surface area contributed by atoms with Gasteiger partial charge in [-0.15, -0.1) is 12.4 Å². The predicted octanol–water partition coefficient (Wildman–Crippen LogP) is 5.94. The van der Waals surface area contributed by atoms with Gasteiger partial charge < -0.3 is 20.4 Å². The maximum atomic E-state index is 13.3. The molecule has 4 aromatic rings. The summed E-state index contributed by atoms with van der Waals surface area (Å²) in [6.45, 7) is 7.14. The molecule has 4 rings (SSSR count). The number of aryl methyl sites for hydroxylation is 1. The van der Waals surface area contributed by atoms with Crippen LogP contribution in [0.5, 0.6) is 0 Å². The molecule has 0 aliphatic carbocycles. The summed E-state index contributed by atoms with van der Waals surface area (Å²) in [6.07, 6.45) is 2.73. The number of rotatable bonds is 9. The summed E-state index contributed by atoms with van der Waals surface area (Å²) in [5.74, 6) is -0.923. The molecule has 0 fully saturated rings. The first-order valence-electron chi connectivity index (χ1n) is 13.4. The zero-order valence-corrected chi connectivity index (χ0v) is 25.8. The van der Waals surface area contributed by atoms with Crippen LogP contribution in [-0.2, 0) is 9.53 Å². The molecule has 2 aromatic heterocycles. The minimum Gasteiger partial charge on any atom is -0.460 e. The van der Waals surface area contributed by atoms with Crippen molar-refractivity contribution in [3.8, 4) is 0 Å². The van der Waals surface area contributed by atoms with E-state index in [1.807, 2.05) is 51.1 Å². The lowest BCUT2D eigenvalue weighted by molar-refractivity contribution is -0.154. The summed E-state index contributed by atoms with van der Waals surface area (Å²) < 4.78 is 5.40. The first-order valence-corrected chi connectivity index (χ1v) is 13.8. The van der Waals surface area contributed by atoms with Gasteiger partial charge in [0.05, 0.1) is 16.8 Å². The van der Waals surface area contributed by atoms with Crippen molar-refractivity contribution in [2.24, 2.45) is 0 Å². The minimum absolute atomic E-state index is 0. The van der Waals surface area contributed by atoms with E-state index in [-0.39, 0.29) is 52.7 Å². The lowest BCUT2D eigenvalue weighted by Crippen LogP contribution is -2.29. The molecule has 2 amide bonds. The summed E-state index contributed by atoms with van der Waals surface area (Å²) in [6, 6.07) is 14.9. The highest BCUT2D eigenvalue weighted by Gasteiger charge is 2.21. The molecule has 0 bridgehead atoms. The van der Waals surface area contributed by atoms with Gasteiger partial charge in [0.2, 0.25) is 0 Å². The molecule has 0 saturated carbocycles. The number of esters is 1. The first-order chi connectivity index (χ1) is 19.9. The highest BCUT2D eigenvalue weighted by molar-refractivity contribution is 6.34. The molecule has 0 aliphatic heterocycles. The Balaban J connectivity index is 0.00000506. The Bertz CT molecular complexity index is 1690. The Labute approximate surface area is 260 Å². The first kappa shape index (κ1) is 33.2. The normalized spacial score (nSPS) is 11.7. The van der Waals surface area contributed by atoms with Crippen molar-refractivity contribution < 1.29 is 19.1 Å². The Hall–Kier alpha value is -4.28. The van der Waals surface area contributed by atoms with Crippen LogP contribution in [0.1, 0.15) is 78.2 Å². The fourth-order valence-electron chi connectivity index (χ4n) is 4.29. The summed E-state index contributed by atoms with van der Waals surface area (Å²) in [4.78, 5) is 62.0. The van der Waals surface area contributed by atoms with E-state index in [1.165, 1.54) is 24.4 Å². The van der Waals surface area contributed by atoms with Crippen LogP contribution in [-0.4, -0.2) is 38.3 Å². The van der Waals surface area contributed by atoms with Crippen LogP contribution >= 0.6 is 24.0 Å². The number of ether oxygens (including phenoxy) is 1. The summed E-state index contributed by atoms with van der Waals surface area (Å²) in [5.41, 5.74) is 0.262. The zero-order valence-electron chi connectivity index (χ0n) is 24.2. The van der Waals surface area contributed by atoms with E-state index in [4.69, 9.17) is 16.3 Å². The molecule has 1 atom stereocenters. The average molecular weight is 627 g/mol. The number of halogens is 2. The number of H-pyrrole nitrogens is 1. The van der Waals surface area contributed by atoms with Gasteiger partial charge in [-0.25, -0.2) is 9.97 Å². The van der Waals surface area contributed by atoms with Crippen molar-refractivity contribution >= 4 is 58.5 Å². The zero-order chi connectivity index (χ0) is 30.4. The van der Waals surface area contributed by atoms with Crippen molar-refractivity contribution in [2.75, 3.05) is 5.32 Å². The number of benzene rings is 2. The van der Waals surface area contributed by atoms with Gasteiger partial charge in [-0.05, 0) is 70.4 Å². The van der Waals surface area contributed by atoms with Gasteiger partial charge in [0.15, 0.2) is 0 Å².